The molecule has 2 fully saturated rings. The summed E-state index contributed by atoms with van der Waals surface area (Å²) in [4.78, 5) is 27.7. The van der Waals surface area contributed by atoms with Gasteiger partial charge in [-0.05, 0) is 32.4 Å². The van der Waals surface area contributed by atoms with Crippen molar-refractivity contribution in [1.29, 1.82) is 0 Å². The molecule has 0 bridgehead atoms. The van der Waals surface area contributed by atoms with Crippen molar-refractivity contribution in [3.63, 3.8) is 0 Å². The third-order valence-corrected chi connectivity index (χ3v) is 4.97. The first kappa shape index (κ1) is 19.0. The van der Waals surface area contributed by atoms with Gasteiger partial charge in [0.2, 0.25) is 5.95 Å². The molecule has 3 rings (SSSR count). The fourth-order valence-electron chi connectivity index (χ4n) is 3.81. The SMILES string of the molecule is CN(C)C[C@H]1C[C@@H](CO)CN(C(=O)c2cnc(N3CCOCC3)nc2)C1. The number of rotatable bonds is 5. The van der Waals surface area contributed by atoms with Crippen molar-refractivity contribution in [2.24, 2.45) is 11.8 Å². The van der Waals surface area contributed by atoms with Crippen LogP contribution in [0.4, 0.5) is 5.95 Å². The number of carbonyl (C=O) groups is 1. The Morgan fingerprint density at radius 1 is 1.23 bits per heavy atom. The summed E-state index contributed by atoms with van der Waals surface area (Å²) in [5, 5.41) is 9.60. The van der Waals surface area contributed by atoms with E-state index in [1.165, 1.54) is 0 Å². The van der Waals surface area contributed by atoms with Crippen LogP contribution in [0.1, 0.15) is 16.8 Å². The van der Waals surface area contributed by atoms with Crippen molar-refractivity contribution in [3.05, 3.63) is 18.0 Å². The molecule has 0 spiro atoms. The van der Waals surface area contributed by atoms with Crippen molar-refractivity contribution in [2.75, 3.05) is 71.5 Å². The molecule has 0 radical (unpaired) electrons. The van der Waals surface area contributed by atoms with Crippen LogP contribution in [0.5, 0.6) is 0 Å². The van der Waals surface area contributed by atoms with Crippen molar-refractivity contribution in [2.45, 2.75) is 6.42 Å². The lowest BCUT2D eigenvalue weighted by Gasteiger charge is -2.38. The Balaban J connectivity index is 1.66. The Morgan fingerprint density at radius 2 is 1.88 bits per heavy atom. The number of aliphatic hydroxyl groups excluding tert-OH is 1. The highest BCUT2D eigenvalue weighted by Gasteiger charge is 2.30. The number of piperidine rings is 1. The van der Waals surface area contributed by atoms with E-state index in [1.54, 1.807) is 12.4 Å². The van der Waals surface area contributed by atoms with Gasteiger partial charge >= 0.3 is 0 Å². The lowest BCUT2D eigenvalue weighted by molar-refractivity contribution is 0.0477. The molecule has 0 aromatic carbocycles. The highest BCUT2D eigenvalue weighted by atomic mass is 16.5. The lowest BCUT2D eigenvalue weighted by Crippen LogP contribution is -2.47. The van der Waals surface area contributed by atoms with Gasteiger partial charge in [0, 0.05) is 51.7 Å². The summed E-state index contributed by atoms with van der Waals surface area (Å²) < 4.78 is 5.34. The third-order valence-electron chi connectivity index (χ3n) is 4.97. The minimum absolute atomic E-state index is 0.0552. The summed E-state index contributed by atoms with van der Waals surface area (Å²) in [6.07, 6.45) is 4.18. The third kappa shape index (κ3) is 4.69. The number of amides is 1. The van der Waals surface area contributed by atoms with Crippen LogP contribution in [0.25, 0.3) is 0 Å². The molecule has 2 atom stereocenters. The minimum atomic E-state index is -0.0552. The van der Waals surface area contributed by atoms with Crippen molar-refractivity contribution >= 4 is 11.9 Å². The zero-order valence-corrected chi connectivity index (χ0v) is 15.7. The van der Waals surface area contributed by atoms with Crippen LogP contribution in [0.2, 0.25) is 0 Å². The molecule has 1 aromatic rings. The highest BCUT2D eigenvalue weighted by molar-refractivity contribution is 5.93. The maximum atomic E-state index is 12.9. The van der Waals surface area contributed by atoms with Crippen LogP contribution in [0.15, 0.2) is 12.4 Å². The van der Waals surface area contributed by atoms with Crippen LogP contribution < -0.4 is 4.90 Å². The molecular formula is C18H29N5O3. The maximum absolute atomic E-state index is 12.9. The van der Waals surface area contributed by atoms with Crippen LogP contribution in [-0.4, -0.2) is 97.4 Å². The normalized spacial score (nSPS) is 24.2. The molecular weight excluding hydrogens is 334 g/mol. The second-order valence-corrected chi connectivity index (χ2v) is 7.49. The molecule has 0 aliphatic carbocycles. The summed E-state index contributed by atoms with van der Waals surface area (Å²) in [7, 11) is 4.07. The van der Waals surface area contributed by atoms with E-state index in [9.17, 15) is 9.90 Å². The van der Waals surface area contributed by atoms with Gasteiger partial charge < -0.3 is 24.5 Å². The molecule has 2 saturated heterocycles. The highest BCUT2D eigenvalue weighted by Crippen LogP contribution is 2.23. The Bertz CT molecular complexity index is 589. The fourth-order valence-corrected chi connectivity index (χ4v) is 3.81. The summed E-state index contributed by atoms with van der Waals surface area (Å²) in [5.74, 6) is 1.09. The van der Waals surface area contributed by atoms with Crippen molar-refractivity contribution in [3.8, 4) is 0 Å². The second-order valence-electron chi connectivity index (χ2n) is 7.49. The molecule has 8 nitrogen and oxygen atoms in total. The zero-order valence-electron chi connectivity index (χ0n) is 15.7. The van der Waals surface area contributed by atoms with E-state index in [0.29, 0.717) is 43.7 Å². The fraction of sp³-hybridized carbons (Fsp3) is 0.722. The first-order valence-electron chi connectivity index (χ1n) is 9.26. The summed E-state index contributed by atoms with van der Waals surface area (Å²) in [6, 6.07) is 0. The topological polar surface area (TPSA) is 82.0 Å². The number of carbonyl (C=O) groups excluding carboxylic acids is 1. The minimum Gasteiger partial charge on any atom is -0.396 e. The summed E-state index contributed by atoms with van der Waals surface area (Å²) >= 11 is 0. The molecule has 144 valence electrons. The predicted molar refractivity (Wildman–Crippen MR) is 98.2 cm³/mol. The van der Waals surface area contributed by atoms with E-state index in [4.69, 9.17) is 4.74 Å². The number of likely N-dealkylation sites (tertiary alicyclic amines) is 1. The number of nitrogens with zero attached hydrogens (tertiary/aromatic N) is 5. The number of ether oxygens (including phenoxy) is 1. The van der Waals surface area contributed by atoms with Gasteiger partial charge in [-0.25, -0.2) is 9.97 Å². The van der Waals surface area contributed by atoms with Crippen LogP contribution in [0, 0.1) is 11.8 Å². The predicted octanol–water partition coefficient (Wildman–Crippen LogP) is -0.0546. The molecule has 26 heavy (non-hydrogen) atoms. The van der Waals surface area contributed by atoms with Gasteiger partial charge in [-0.2, -0.15) is 0 Å². The summed E-state index contributed by atoms with van der Waals surface area (Å²) in [6.45, 7) is 5.20. The quantitative estimate of drug-likeness (QED) is 0.785. The maximum Gasteiger partial charge on any atom is 0.257 e. The number of hydrogen-bond acceptors (Lipinski definition) is 7. The van der Waals surface area contributed by atoms with Gasteiger partial charge in [0.25, 0.3) is 5.91 Å². The molecule has 2 aliphatic heterocycles. The molecule has 8 heteroatoms. The van der Waals surface area contributed by atoms with E-state index >= 15 is 0 Å². The largest absolute Gasteiger partial charge is 0.396 e. The summed E-state index contributed by atoms with van der Waals surface area (Å²) in [5.41, 5.74) is 0.504. The average molecular weight is 363 g/mol. The van der Waals surface area contributed by atoms with Crippen molar-refractivity contribution in [1.82, 2.24) is 19.8 Å². The molecule has 1 aromatic heterocycles. The zero-order chi connectivity index (χ0) is 18.5. The van der Waals surface area contributed by atoms with Crippen LogP contribution >= 0.6 is 0 Å². The average Bonchev–Trinajstić information content (AvgIpc) is 2.67. The van der Waals surface area contributed by atoms with E-state index < -0.39 is 0 Å². The van der Waals surface area contributed by atoms with E-state index in [1.807, 2.05) is 19.0 Å². The first-order chi connectivity index (χ1) is 12.6. The standard InChI is InChI=1S/C18H29N5O3/c1-21(2)10-14-7-15(13-24)12-23(11-14)17(25)16-8-19-18(20-9-16)22-3-5-26-6-4-22/h8-9,14-15,24H,3-7,10-13H2,1-2H3/t14-,15-/m1/s1. The number of morpholine rings is 1. The van der Waals surface area contributed by atoms with Gasteiger partial charge in [-0.1, -0.05) is 0 Å². The van der Waals surface area contributed by atoms with Gasteiger partial charge in [0.1, 0.15) is 0 Å². The molecule has 0 saturated carbocycles. The molecule has 2 aliphatic rings. The lowest BCUT2D eigenvalue weighted by atomic mass is 9.89. The molecule has 1 N–H and O–H groups in total. The van der Waals surface area contributed by atoms with Gasteiger partial charge in [-0.3, -0.25) is 4.79 Å². The van der Waals surface area contributed by atoms with Crippen molar-refractivity contribution < 1.29 is 14.6 Å². The Labute approximate surface area is 154 Å². The van der Waals surface area contributed by atoms with Gasteiger partial charge in [0.05, 0.1) is 18.8 Å². The number of aromatic nitrogens is 2. The van der Waals surface area contributed by atoms with E-state index in [-0.39, 0.29) is 18.4 Å². The van der Waals surface area contributed by atoms with Gasteiger partial charge in [-0.15, -0.1) is 0 Å². The van der Waals surface area contributed by atoms with Gasteiger partial charge in [0.15, 0.2) is 0 Å². The van der Waals surface area contributed by atoms with E-state index in [2.05, 4.69) is 19.8 Å². The number of anilines is 1. The monoisotopic (exact) mass is 363 g/mol. The molecule has 3 heterocycles. The Morgan fingerprint density at radius 3 is 2.50 bits per heavy atom. The smallest absolute Gasteiger partial charge is 0.257 e. The number of hydrogen-bond donors (Lipinski definition) is 1. The van der Waals surface area contributed by atoms with E-state index in [0.717, 1.165) is 26.1 Å². The number of aliphatic hydroxyl groups is 1. The van der Waals surface area contributed by atoms with Crippen LogP contribution in [-0.2, 0) is 4.74 Å². The first-order valence-corrected chi connectivity index (χ1v) is 9.26. The Hall–Kier alpha value is -1.77. The molecule has 1 amide bonds. The van der Waals surface area contributed by atoms with Crippen LogP contribution in [0.3, 0.4) is 0 Å². The molecule has 0 unspecified atom stereocenters. The second kappa shape index (κ2) is 8.75. The Kier molecular flexibility index (Phi) is 6.39.